The van der Waals surface area contributed by atoms with E-state index >= 15 is 0 Å². The van der Waals surface area contributed by atoms with Crippen LogP contribution in [0.5, 0.6) is 0 Å². The summed E-state index contributed by atoms with van der Waals surface area (Å²) in [4.78, 5) is 27.4. The highest BCUT2D eigenvalue weighted by molar-refractivity contribution is 5.94. The van der Waals surface area contributed by atoms with Crippen LogP contribution in [0.4, 0.5) is 0 Å². The lowest BCUT2D eigenvalue weighted by Crippen LogP contribution is -2.30. The number of ketones is 1. The van der Waals surface area contributed by atoms with Gasteiger partial charge in [-0.05, 0) is 47.6 Å². The Morgan fingerprint density at radius 3 is 2.42 bits per heavy atom. The molecule has 2 aliphatic rings. The second-order valence-corrected chi connectivity index (χ2v) is 9.40. The molecule has 0 unspecified atom stereocenters. The third-order valence-corrected chi connectivity index (χ3v) is 7.21. The van der Waals surface area contributed by atoms with Crippen LogP contribution in [0.3, 0.4) is 0 Å². The van der Waals surface area contributed by atoms with Crippen LogP contribution >= 0.6 is 0 Å². The smallest absolute Gasteiger partial charge is 0.227 e. The third kappa shape index (κ3) is 4.04. The Bertz CT molecular complexity index is 1200. The molecule has 4 atom stereocenters. The average molecular weight is 436 g/mol. The Kier molecular flexibility index (Phi) is 5.72. The summed E-state index contributed by atoms with van der Waals surface area (Å²) in [5.41, 5.74) is 5.21. The number of rotatable bonds is 5. The first kappa shape index (κ1) is 21.4. The van der Waals surface area contributed by atoms with Crippen LogP contribution in [0, 0.1) is 17.8 Å². The third-order valence-electron chi connectivity index (χ3n) is 7.21. The van der Waals surface area contributed by atoms with Crippen molar-refractivity contribution in [3.05, 3.63) is 108 Å². The van der Waals surface area contributed by atoms with Crippen LogP contribution in [0.25, 0.3) is 11.1 Å². The van der Waals surface area contributed by atoms with Gasteiger partial charge in [0.25, 0.3) is 0 Å². The van der Waals surface area contributed by atoms with Crippen LogP contribution in [0.2, 0.25) is 0 Å². The molecule has 0 aromatic heterocycles. The number of fused-ring (bicyclic) bond motifs is 1. The number of likely N-dealkylation sites (tertiary alicyclic amines) is 1. The largest absolute Gasteiger partial charge is 0.330 e. The standard InChI is InChI=1S/C30H29NO2/c1-20-8-6-13-27-28(20)30(33)31(19-22-9-4-3-5-10-22)29(27)26-12-7-11-25(18-26)24-16-14-23(15-17-24)21(2)32/h3-7,9-18,20,27-29H,8,19H2,1-2H3/t20-,27-,28+,29+/m1/s1. The average Bonchev–Trinajstić information content (AvgIpc) is 3.12. The molecule has 1 aliphatic carbocycles. The van der Waals surface area contributed by atoms with E-state index in [1.165, 1.54) is 5.56 Å². The minimum absolute atomic E-state index is 0.0122. The molecule has 1 heterocycles. The van der Waals surface area contributed by atoms with Gasteiger partial charge in [0.2, 0.25) is 5.91 Å². The Morgan fingerprint density at radius 1 is 0.939 bits per heavy atom. The van der Waals surface area contributed by atoms with E-state index in [-0.39, 0.29) is 29.6 Å². The first-order valence-electron chi connectivity index (χ1n) is 11.8. The zero-order valence-corrected chi connectivity index (χ0v) is 19.1. The van der Waals surface area contributed by atoms with Crippen LogP contribution in [-0.2, 0) is 11.3 Å². The molecule has 33 heavy (non-hydrogen) atoms. The number of hydrogen-bond acceptors (Lipinski definition) is 2. The number of benzene rings is 3. The number of carbonyl (C=O) groups excluding carboxylic acids is 2. The van der Waals surface area contributed by atoms with Gasteiger partial charge < -0.3 is 4.90 Å². The summed E-state index contributed by atoms with van der Waals surface area (Å²) in [6.45, 7) is 4.41. The van der Waals surface area contributed by atoms with Gasteiger partial charge in [-0.2, -0.15) is 0 Å². The SMILES string of the molecule is CC(=O)c1ccc(-c2cccc([C@H]3[C@@H]4C=CC[C@@H](C)[C@@H]4C(=O)N3Cc3ccccc3)c2)cc1. The second-order valence-electron chi connectivity index (χ2n) is 9.40. The van der Waals surface area contributed by atoms with Crippen LogP contribution in [0.1, 0.15) is 47.8 Å². The maximum Gasteiger partial charge on any atom is 0.227 e. The molecule has 3 aromatic carbocycles. The van der Waals surface area contributed by atoms with E-state index in [4.69, 9.17) is 0 Å². The number of amides is 1. The molecule has 1 fully saturated rings. The second kappa shape index (κ2) is 8.82. The van der Waals surface area contributed by atoms with Gasteiger partial charge in [0.1, 0.15) is 0 Å². The molecule has 5 rings (SSSR count). The lowest BCUT2D eigenvalue weighted by molar-refractivity contribution is -0.134. The maximum absolute atomic E-state index is 13.7. The van der Waals surface area contributed by atoms with E-state index in [1.54, 1.807) is 6.92 Å². The molecule has 3 heteroatoms. The van der Waals surface area contributed by atoms with E-state index in [9.17, 15) is 9.59 Å². The zero-order valence-electron chi connectivity index (χ0n) is 19.1. The lowest BCUT2D eigenvalue weighted by Gasteiger charge is -2.30. The van der Waals surface area contributed by atoms with Crippen molar-refractivity contribution >= 4 is 11.7 Å². The zero-order chi connectivity index (χ0) is 22.9. The van der Waals surface area contributed by atoms with Crippen molar-refractivity contribution in [3.8, 4) is 11.1 Å². The van der Waals surface area contributed by atoms with Gasteiger partial charge in [-0.3, -0.25) is 9.59 Å². The van der Waals surface area contributed by atoms with Crippen molar-refractivity contribution in [2.45, 2.75) is 32.9 Å². The minimum Gasteiger partial charge on any atom is -0.330 e. The predicted molar refractivity (Wildman–Crippen MR) is 132 cm³/mol. The van der Waals surface area contributed by atoms with Gasteiger partial charge >= 0.3 is 0 Å². The normalized spacial score (nSPS) is 24.1. The van der Waals surface area contributed by atoms with E-state index in [1.807, 2.05) is 42.5 Å². The molecule has 0 saturated carbocycles. The Hall–Kier alpha value is -3.46. The summed E-state index contributed by atoms with van der Waals surface area (Å²) in [6, 6.07) is 26.6. The molecule has 0 spiro atoms. The number of carbonyl (C=O) groups is 2. The Balaban J connectivity index is 1.54. The monoisotopic (exact) mass is 435 g/mol. The van der Waals surface area contributed by atoms with Crippen molar-refractivity contribution in [1.82, 2.24) is 4.90 Å². The van der Waals surface area contributed by atoms with E-state index < -0.39 is 0 Å². The molecule has 1 amide bonds. The number of nitrogens with zero attached hydrogens (tertiary/aromatic N) is 1. The van der Waals surface area contributed by atoms with Crippen molar-refractivity contribution < 1.29 is 9.59 Å². The minimum atomic E-state index is 0.0122. The fourth-order valence-electron chi connectivity index (χ4n) is 5.50. The molecule has 3 nitrogen and oxygen atoms in total. The highest BCUT2D eigenvalue weighted by atomic mass is 16.2. The summed E-state index contributed by atoms with van der Waals surface area (Å²) in [5.74, 6) is 0.892. The van der Waals surface area contributed by atoms with Crippen molar-refractivity contribution in [1.29, 1.82) is 0 Å². The summed E-state index contributed by atoms with van der Waals surface area (Å²) in [7, 11) is 0. The van der Waals surface area contributed by atoms with E-state index in [2.05, 4.69) is 60.4 Å². The summed E-state index contributed by atoms with van der Waals surface area (Å²) < 4.78 is 0. The molecule has 3 aromatic rings. The Labute approximate surface area is 195 Å². The van der Waals surface area contributed by atoms with Crippen molar-refractivity contribution in [3.63, 3.8) is 0 Å². The summed E-state index contributed by atoms with van der Waals surface area (Å²) in [5, 5.41) is 0. The highest BCUT2D eigenvalue weighted by Crippen LogP contribution is 2.49. The summed E-state index contributed by atoms with van der Waals surface area (Å²) in [6.07, 6.45) is 5.48. The highest BCUT2D eigenvalue weighted by Gasteiger charge is 2.50. The lowest BCUT2D eigenvalue weighted by atomic mass is 9.75. The molecule has 166 valence electrons. The molecule has 1 aliphatic heterocycles. The molecular formula is C30H29NO2. The fraction of sp³-hybridized carbons (Fsp3) is 0.267. The molecule has 0 N–H and O–H groups in total. The van der Waals surface area contributed by atoms with Crippen LogP contribution < -0.4 is 0 Å². The van der Waals surface area contributed by atoms with Gasteiger partial charge in [-0.25, -0.2) is 0 Å². The van der Waals surface area contributed by atoms with Crippen LogP contribution in [0.15, 0.2) is 91.0 Å². The van der Waals surface area contributed by atoms with Crippen LogP contribution in [-0.4, -0.2) is 16.6 Å². The van der Waals surface area contributed by atoms with Gasteiger partial charge in [0, 0.05) is 23.9 Å². The predicted octanol–water partition coefficient (Wildman–Crippen LogP) is 6.47. The Morgan fingerprint density at radius 2 is 1.70 bits per heavy atom. The topological polar surface area (TPSA) is 37.4 Å². The van der Waals surface area contributed by atoms with Crippen molar-refractivity contribution in [2.75, 3.05) is 0 Å². The van der Waals surface area contributed by atoms with Gasteiger partial charge in [-0.1, -0.05) is 91.9 Å². The van der Waals surface area contributed by atoms with E-state index in [0.717, 1.165) is 28.7 Å². The van der Waals surface area contributed by atoms with Gasteiger partial charge in [0.05, 0.1) is 6.04 Å². The maximum atomic E-state index is 13.7. The number of hydrogen-bond donors (Lipinski definition) is 0. The molecule has 1 saturated heterocycles. The first-order valence-corrected chi connectivity index (χ1v) is 11.8. The quantitative estimate of drug-likeness (QED) is 0.340. The molecule has 0 bridgehead atoms. The molecular weight excluding hydrogens is 406 g/mol. The van der Waals surface area contributed by atoms with Gasteiger partial charge in [-0.15, -0.1) is 0 Å². The first-order chi connectivity index (χ1) is 16.0. The van der Waals surface area contributed by atoms with E-state index in [0.29, 0.717) is 12.5 Å². The number of Topliss-reactive ketones (excluding diaryl/α,β-unsaturated/α-hetero) is 1. The van der Waals surface area contributed by atoms with Crippen molar-refractivity contribution in [2.24, 2.45) is 17.8 Å². The summed E-state index contributed by atoms with van der Waals surface area (Å²) >= 11 is 0. The fourth-order valence-corrected chi connectivity index (χ4v) is 5.50. The van der Waals surface area contributed by atoms with Gasteiger partial charge in [0.15, 0.2) is 5.78 Å². The number of allylic oxidation sites excluding steroid dienone is 1. The molecule has 0 radical (unpaired) electrons.